The van der Waals surface area contributed by atoms with Gasteiger partial charge in [0.15, 0.2) is 0 Å². The molecule has 2 atom stereocenters. The molecule has 3 aromatic rings. The van der Waals surface area contributed by atoms with E-state index >= 15 is 0 Å². The first-order valence-corrected chi connectivity index (χ1v) is 10.1. The van der Waals surface area contributed by atoms with Gasteiger partial charge in [-0.3, -0.25) is 4.98 Å². The first-order chi connectivity index (χ1) is 15.0. The van der Waals surface area contributed by atoms with Gasteiger partial charge in [-0.1, -0.05) is 48.5 Å². The number of aromatic nitrogens is 1. The molecule has 0 fully saturated rings. The van der Waals surface area contributed by atoms with Crippen molar-refractivity contribution in [3.8, 4) is 11.1 Å². The number of alkyl carbamates (subject to hydrolysis) is 1. The molecule has 0 saturated heterocycles. The Bertz CT molecular complexity index is 1060. The SMILES string of the molecule is Cc1ccnc(C(O)C(O)CNC(=O)OCC2c3ccccc3-c3ccccc32)c1N. The van der Waals surface area contributed by atoms with Gasteiger partial charge in [0.25, 0.3) is 0 Å². The quantitative estimate of drug-likeness (QED) is 0.488. The van der Waals surface area contributed by atoms with Crippen molar-refractivity contribution in [3.05, 3.63) is 83.2 Å². The number of aliphatic hydroxyl groups is 2. The molecule has 0 aliphatic heterocycles. The summed E-state index contributed by atoms with van der Waals surface area (Å²) < 4.78 is 5.44. The molecular formula is C24H25N3O4. The Morgan fingerprint density at radius 3 is 2.35 bits per heavy atom. The van der Waals surface area contributed by atoms with Gasteiger partial charge in [-0.05, 0) is 40.8 Å². The topological polar surface area (TPSA) is 118 Å². The Kier molecular flexibility index (Phi) is 5.88. The van der Waals surface area contributed by atoms with Crippen LogP contribution >= 0.6 is 0 Å². The molecule has 31 heavy (non-hydrogen) atoms. The maximum atomic E-state index is 12.2. The van der Waals surface area contributed by atoms with Crippen molar-refractivity contribution in [2.45, 2.75) is 25.0 Å². The van der Waals surface area contributed by atoms with Crippen molar-refractivity contribution >= 4 is 11.8 Å². The highest BCUT2D eigenvalue weighted by molar-refractivity contribution is 5.79. The average Bonchev–Trinajstić information content (AvgIpc) is 3.11. The fourth-order valence-electron chi connectivity index (χ4n) is 3.96. The summed E-state index contributed by atoms with van der Waals surface area (Å²) >= 11 is 0. The van der Waals surface area contributed by atoms with E-state index in [1.807, 2.05) is 36.4 Å². The summed E-state index contributed by atoms with van der Waals surface area (Å²) in [4.78, 5) is 16.3. The van der Waals surface area contributed by atoms with Crippen molar-refractivity contribution < 1.29 is 19.7 Å². The lowest BCUT2D eigenvalue weighted by atomic mass is 9.98. The van der Waals surface area contributed by atoms with Crippen LogP contribution in [-0.2, 0) is 4.74 Å². The molecule has 0 saturated carbocycles. The number of anilines is 1. The molecule has 1 heterocycles. The number of rotatable bonds is 6. The van der Waals surface area contributed by atoms with E-state index in [9.17, 15) is 15.0 Å². The summed E-state index contributed by atoms with van der Waals surface area (Å²) in [5.74, 6) is -0.0510. The molecule has 1 aliphatic rings. The highest BCUT2D eigenvalue weighted by Gasteiger charge is 2.29. The molecule has 7 nitrogen and oxygen atoms in total. The number of nitrogen functional groups attached to an aromatic ring is 1. The van der Waals surface area contributed by atoms with Gasteiger partial charge in [-0.25, -0.2) is 4.79 Å². The molecule has 1 aliphatic carbocycles. The van der Waals surface area contributed by atoms with E-state index in [0.29, 0.717) is 5.69 Å². The number of aryl methyl sites for hydroxylation is 1. The largest absolute Gasteiger partial charge is 0.449 e. The van der Waals surface area contributed by atoms with Gasteiger partial charge < -0.3 is 26.0 Å². The van der Waals surface area contributed by atoms with Crippen LogP contribution in [0.3, 0.4) is 0 Å². The van der Waals surface area contributed by atoms with E-state index in [2.05, 4.69) is 22.4 Å². The highest BCUT2D eigenvalue weighted by atomic mass is 16.5. The fourth-order valence-corrected chi connectivity index (χ4v) is 3.96. The zero-order valence-corrected chi connectivity index (χ0v) is 17.2. The fraction of sp³-hybridized carbons (Fsp3) is 0.250. The minimum absolute atomic E-state index is 0.0510. The van der Waals surface area contributed by atoms with E-state index in [1.54, 1.807) is 13.0 Å². The summed E-state index contributed by atoms with van der Waals surface area (Å²) in [5.41, 5.74) is 11.7. The molecule has 7 heteroatoms. The number of hydrogen-bond acceptors (Lipinski definition) is 6. The number of nitrogens with one attached hydrogen (secondary N) is 1. The summed E-state index contributed by atoms with van der Waals surface area (Å²) in [5, 5.41) is 23.1. The van der Waals surface area contributed by atoms with Crippen LogP contribution in [0.1, 0.15) is 34.4 Å². The molecular weight excluding hydrogens is 394 g/mol. The second kappa shape index (κ2) is 8.75. The maximum Gasteiger partial charge on any atom is 0.407 e. The molecule has 0 bridgehead atoms. The second-order valence-electron chi connectivity index (χ2n) is 7.65. The summed E-state index contributed by atoms with van der Waals surface area (Å²) in [6.07, 6.45) is -1.76. The predicted octanol–water partition coefficient (Wildman–Crippen LogP) is 2.91. The third-order valence-electron chi connectivity index (χ3n) is 5.68. The Labute approximate surface area is 180 Å². The van der Waals surface area contributed by atoms with Crippen LogP contribution < -0.4 is 11.1 Å². The third-order valence-corrected chi connectivity index (χ3v) is 5.68. The van der Waals surface area contributed by atoms with Crippen LogP contribution in [0.4, 0.5) is 10.5 Å². The number of nitrogens with two attached hydrogens (primary N) is 1. The minimum Gasteiger partial charge on any atom is -0.449 e. The Morgan fingerprint density at radius 2 is 1.71 bits per heavy atom. The van der Waals surface area contributed by atoms with Crippen LogP contribution in [-0.4, -0.2) is 40.5 Å². The third kappa shape index (κ3) is 4.10. The van der Waals surface area contributed by atoms with Crippen LogP contribution in [0.25, 0.3) is 11.1 Å². The number of fused-ring (bicyclic) bond motifs is 3. The normalized spacial score (nSPS) is 14.4. The van der Waals surface area contributed by atoms with Crippen molar-refractivity contribution in [1.82, 2.24) is 10.3 Å². The molecule has 1 amide bonds. The zero-order chi connectivity index (χ0) is 22.0. The summed E-state index contributed by atoms with van der Waals surface area (Å²) in [6, 6.07) is 17.9. The molecule has 0 radical (unpaired) electrons. The number of amides is 1. The Balaban J connectivity index is 1.35. The van der Waals surface area contributed by atoms with Crippen molar-refractivity contribution in [3.63, 3.8) is 0 Å². The Hall–Kier alpha value is -3.42. The van der Waals surface area contributed by atoms with Crippen LogP contribution in [0.5, 0.6) is 0 Å². The highest BCUT2D eigenvalue weighted by Crippen LogP contribution is 2.44. The number of ether oxygens (including phenoxy) is 1. The lowest BCUT2D eigenvalue weighted by molar-refractivity contribution is 0.0165. The standard InChI is InChI=1S/C24H25N3O4/c1-14-10-11-26-22(21(14)25)23(29)20(28)12-27-24(30)31-13-19-17-8-4-2-6-15(17)16-7-3-5-9-18(16)19/h2-11,19-20,23,28-29H,12-13,25H2,1H3,(H,27,30). The first kappa shape index (κ1) is 20.8. The van der Waals surface area contributed by atoms with E-state index in [1.165, 1.54) is 6.20 Å². The van der Waals surface area contributed by atoms with E-state index in [4.69, 9.17) is 10.5 Å². The zero-order valence-electron chi connectivity index (χ0n) is 17.2. The number of nitrogens with zero attached hydrogens (tertiary/aromatic N) is 1. The summed E-state index contributed by atoms with van der Waals surface area (Å²) in [7, 11) is 0. The van der Waals surface area contributed by atoms with Gasteiger partial charge in [0.05, 0.1) is 11.4 Å². The number of hydrogen-bond donors (Lipinski definition) is 4. The number of carbonyl (C=O) groups is 1. The van der Waals surface area contributed by atoms with Gasteiger partial charge in [0.1, 0.15) is 18.8 Å². The summed E-state index contributed by atoms with van der Waals surface area (Å²) in [6.45, 7) is 1.76. The molecule has 2 aromatic carbocycles. The van der Waals surface area contributed by atoms with Crippen LogP contribution in [0.15, 0.2) is 60.8 Å². The van der Waals surface area contributed by atoms with Crippen LogP contribution in [0, 0.1) is 6.92 Å². The van der Waals surface area contributed by atoms with Gasteiger partial charge in [0.2, 0.25) is 0 Å². The van der Waals surface area contributed by atoms with Gasteiger partial charge in [0, 0.05) is 18.7 Å². The van der Waals surface area contributed by atoms with Crippen molar-refractivity contribution in [2.75, 3.05) is 18.9 Å². The average molecular weight is 419 g/mol. The van der Waals surface area contributed by atoms with E-state index in [0.717, 1.165) is 27.8 Å². The van der Waals surface area contributed by atoms with E-state index in [-0.39, 0.29) is 24.8 Å². The molecule has 2 unspecified atom stereocenters. The second-order valence-corrected chi connectivity index (χ2v) is 7.65. The van der Waals surface area contributed by atoms with Crippen molar-refractivity contribution in [1.29, 1.82) is 0 Å². The Morgan fingerprint density at radius 1 is 1.10 bits per heavy atom. The number of aliphatic hydroxyl groups excluding tert-OH is 2. The number of benzene rings is 2. The van der Waals surface area contributed by atoms with Gasteiger partial charge in [-0.15, -0.1) is 0 Å². The monoisotopic (exact) mass is 419 g/mol. The smallest absolute Gasteiger partial charge is 0.407 e. The maximum absolute atomic E-state index is 12.2. The lowest BCUT2D eigenvalue weighted by Gasteiger charge is -2.20. The van der Waals surface area contributed by atoms with Crippen LogP contribution in [0.2, 0.25) is 0 Å². The van der Waals surface area contributed by atoms with E-state index < -0.39 is 18.3 Å². The number of pyridine rings is 1. The van der Waals surface area contributed by atoms with Gasteiger partial charge in [-0.2, -0.15) is 0 Å². The van der Waals surface area contributed by atoms with Gasteiger partial charge >= 0.3 is 6.09 Å². The predicted molar refractivity (Wildman–Crippen MR) is 117 cm³/mol. The molecule has 4 rings (SSSR count). The van der Waals surface area contributed by atoms with Crippen molar-refractivity contribution in [2.24, 2.45) is 0 Å². The lowest BCUT2D eigenvalue weighted by Crippen LogP contribution is -2.36. The molecule has 0 spiro atoms. The number of carbonyl (C=O) groups excluding carboxylic acids is 1. The minimum atomic E-state index is -1.33. The molecule has 1 aromatic heterocycles. The first-order valence-electron chi connectivity index (χ1n) is 10.1. The molecule has 160 valence electrons. The molecule has 5 N–H and O–H groups in total.